The number of thioether (sulfide) groups is 1. The van der Waals surface area contributed by atoms with Gasteiger partial charge >= 0.3 is 0 Å². The average Bonchev–Trinajstić information content (AvgIpc) is 2.88. The van der Waals surface area contributed by atoms with Gasteiger partial charge in [-0.1, -0.05) is 27.2 Å². The van der Waals surface area contributed by atoms with E-state index < -0.39 is 0 Å². The van der Waals surface area contributed by atoms with Crippen LogP contribution in [0.2, 0.25) is 0 Å². The summed E-state index contributed by atoms with van der Waals surface area (Å²) in [6.07, 6.45) is 2.82. The molecule has 0 saturated carbocycles. The summed E-state index contributed by atoms with van der Waals surface area (Å²) in [6.45, 7) is 6.84. The predicted octanol–water partition coefficient (Wildman–Crippen LogP) is 1.89. The van der Waals surface area contributed by atoms with Crippen molar-refractivity contribution in [3.63, 3.8) is 0 Å². The fourth-order valence-electron chi connectivity index (χ4n) is 3.15. The Labute approximate surface area is 126 Å². The number of hydrogen-bond donors (Lipinski definition) is 1. The van der Waals surface area contributed by atoms with Crippen molar-refractivity contribution in [2.75, 3.05) is 18.1 Å². The molecule has 2 rings (SSSR count). The molecular weight excluding hydrogens is 272 g/mol. The van der Waals surface area contributed by atoms with Gasteiger partial charge in [-0.05, 0) is 36.2 Å². The molecule has 4 nitrogen and oxygen atoms in total. The zero-order valence-corrected chi connectivity index (χ0v) is 13.5. The normalized spacial score (nSPS) is 31.0. The molecular formula is C15H26N2O2S. The molecule has 5 heteroatoms. The molecule has 0 aromatic heterocycles. The molecule has 20 heavy (non-hydrogen) atoms. The van der Waals surface area contributed by atoms with E-state index in [2.05, 4.69) is 5.32 Å². The molecule has 0 radical (unpaired) electrons. The molecule has 0 aliphatic carbocycles. The molecule has 114 valence electrons. The summed E-state index contributed by atoms with van der Waals surface area (Å²) in [6, 6.07) is -0.599. The minimum atomic E-state index is -0.309. The molecule has 2 fully saturated rings. The van der Waals surface area contributed by atoms with Crippen LogP contribution in [-0.4, -0.2) is 46.8 Å². The van der Waals surface area contributed by atoms with Crippen LogP contribution in [-0.2, 0) is 9.59 Å². The molecule has 0 bridgehead atoms. The lowest BCUT2D eigenvalue weighted by Gasteiger charge is -2.42. The second kappa shape index (κ2) is 6.83. The van der Waals surface area contributed by atoms with Gasteiger partial charge in [0.05, 0.1) is 0 Å². The number of amides is 2. The van der Waals surface area contributed by atoms with Crippen molar-refractivity contribution < 1.29 is 9.59 Å². The number of nitrogens with one attached hydrogen (secondary N) is 1. The van der Waals surface area contributed by atoms with Crippen LogP contribution >= 0.6 is 11.8 Å². The van der Waals surface area contributed by atoms with Gasteiger partial charge in [-0.25, -0.2) is 0 Å². The Morgan fingerprint density at radius 1 is 1.40 bits per heavy atom. The van der Waals surface area contributed by atoms with E-state index in [1.54, 1.807) is 0 Å². The molecule has 2 aliphatic rings. The summed E-state index contributed by atoms with van der Waals surface area (Å²) in [5.74, 6) is 3.18. The van der Waals surface area contributed by atoms with Crippen LogP contribution in [0, 0.1) is 11.8 Å². The monoisotopic (exact) mass is 298 g/mol. The third kappa shape index (κ3) is 3.30. The summed E-state index contributed by atoms with van der Waals surface area (Å²) < 4.78 is 0. The molecule has 1 N–H and O–H groups in total. The van der Waals surface area contributed by atoms with Crippen molar-refractivity contribution in [3.05, 3.63) is 0 Å². The van der Waals surface area contributed by atoms with Gasteiger partial charge in [0.25, 0.3) is 0 Å². The standard InChI is InChI=1S/C15H26N2O2S/c1-4-5-12-15(19)17(8-11-6-7-20-9-11)13(10(2)3)14(18)16-12/h10-13H,4-9H2,1-3H3,(H,16,18). The largest absolute Gasteiger partial charge is 0.342 e. The van der Waals surface area contributed by atoms with E-state index in [1.807, 2.05) is 37.4 Å². The first-order valence-corrected chi connectivity index (χ1v) is 8.88. The lowest BCUT2D eigenvalue weighted by atomic mass is 9.94. The minimum absolute atomic E-state index is 0.0312. The van der Waals surface area contributed by atoms with Gasteiger partial charge in [0.2, 0.25) is 11.8 Å². The van der Waals surface area contributed by atoms with E-state index in [0.29, 0.717) is 5.92 Å². The number of piperazine rings is 1. The SMILES string of the molecule is CCCC1NC(=O)C(C(C)C)N(CC2CCSC2)C1=O. The first-order chi connectivity index (χ1) is 9.54. The third-order valence-electron chi connectivity index (χ3n) is 4.19. The molecule has 2 saturated heterocycles. The molecule has 0 aromatic carbocycles. The van der Waals surface area contributed by atoms with Crippen molar-refractivity contribution in [1.82, 2.24) is 10.2 Å². The number of carbonyl (C=O) groups is 2. The fourth-order valence-corrected chi connectivity index (χ4v) is 4.43. The lowest BCUT2D eigenvalue weighted by molar-refractivity contribution is -0.152. The first kappa shape index (κ1) is 15.7. The minimum Gasteiger partial charge on any atom is -0.342 e. The van der Waals surface area contributed by atoms with Crippen molar-refractivity contribution in [2.45, 2.75) is 52.1 Å². The molecule has 3 atom stereocenters. The topological polar surface area (TPSA) is 49.4 Å². The maximum Gasteiger partial charge on any atom is 0.245 e. The highest BCUT2D eigenvalue weighted by molar-refractivity contribution is 7.99. The molecule has 0 aromatic rings. The predicted molar refractivity (Wildman–Crippen MR) is 82.6 cm³/mol. The quantitative estimate of drug-likeness (QED) is 0.843. The van der Waals surface area contributed by atoms with E-state index in [1.165, 1.54) is 12.2 Å². The smallest absolute Gasteiger partial charge is 0.245 e. The highest BCUT2D eigenvalue weighted by Gasteiger charge is 2.42. The zero-order chi connectivity index (χ0) is 14.7. The Hall–Kier alpha value is -0.710. The lowest BCUT2D eigenvalue weighted by Crippen LogP contribution is -2.65. The summed E-state index contributed by atoms with van der Waals surface area (Å²) in [5.41, 5.74) is 0. The molecule has 2 amide bonds. The van der Waals surface area contributed by atoms with E-state index in [9.17, 15) is 9.59 Å². The Morgan fingerprint density at radius 3 is 2.70 bits per heavy atom. The van der Waals surface area contributed by atoms with Crippen LogP contribution in [0.5, 0.6) is 0 Å². The van der Waals surface area contributed by atoms with Gasteiger partial charge < -0.3 is 10.2 Å². The molecule has 3 unspecified atom stereocenters. The third-order valence-corrected chi connectivity index (χ3v) is 5.42. The van der Waals surface area contributed by atoms with E-state index in [-0.39, 0.29) is 29.8 Å². The molecule has 2 heterocycles. The van der Waals surface area contributed by atoms with Crippen molar-refractivity contribution in [3.8, 4) is 0 Å². The van der Waals surface area contributed by atoms with E-state index >= 15 is 0 Å². The number of nitrogens with zero attached hydrogens (tertiary/aromatic N) is 1. The Balaban J connectivity index is 2.14. The van der Waals surface area contributed by atoms with E-state index in [4.69, 9.17) is 0 Å². The maximum atomic E-state index is 12.7. The second-order valence-corrected chi connectivity index (χ2v) is 7.41. The zero-order valence-electron chi connectivity index (χ0n) is 12.7. The molecule has 2 aliphatic heterocycles. The second-order valence-electron chi connectivity index (χ2n) is 6.26. The van der Waals surface area contributed by atoms with Crippen LogP contribution in [0.3, 0.4) is 0 Å². The van der Waals surface area contributed by atoms with Crippen molar-refractivity contribution in [1.29, 1.82) is 0 Å². The number of carbonyl (C=O) groups excluding carboxylic acids is 2. The average molecular weight is 298 g/mol. The summed E-state index contributed by atoms with van der Waals surface area (Å²) in [7, 11) is 0. The van der Waals surface area contributed by atoms with Gasteiger partial charge in [-0.15, -0.1) is 0 Å². The Bertz CT molecular complexity index is 367. The summed E-state index contributed by atoms with van der Waals surface area (Å²) in [4.78, 5) is 26.9. The van der Waals surface area contributed by atoms with Crippen LogP contribution < -0.4 is 5.32 Å². The first-order valence-electron chi connectivity index (χ1n) is 7.73. The van der Waals surface area contributed by atoms with Crippen LogP contribution in [0.4, 0.5) is 0 Å². The van der Waals surface area contributed by atoms with Gasteiger partial charge in [-0.2, -0.15) is 11.8 Å². The van der Waals surface area contributed by atoms with Gasteiger partial charge in [0.15, 0.2) is 0 Å². The van der Waals surface area contributed by atoms with E-state index in [0.717, 1.165) is 25.1 Å². The molecule has 0 spiro atoms. The Morgan fingerprint density at radius 2 is 2.15 bits per heavy atom. The van der Waals surface area contributed by atoms with Gasteiger partial charge in [0.1, 0.15) is 12.1 Å². The van der Waals surface area contributed by atoms with Gasteiger partial charge in [-0.3, -0.25) is 9.59 Å². The van der Waals surface area contributed by atoms with Crippen LogP contribution in [0.25, 0.3) is 0 Å². The van der Waals surface area contributed by atoms with Crippen LogP contribution in [0.15, 0.2) is 0 Å². The van der Waals surface area contributed by atoms with Crippen molar-refractivity contribution in [2.24, 2.45) is 11.8 Å². The summed E-state index contributed by atoms with van der Waals surface area (Å²) in [5, 5.41) is 2.92. The maximum absolute atomic E-state index is 12.7. The fraction of sp³-hybridized carbons (Fsp3) is 0.867. The van der Waals surface area contributed by atoms with Crippen molar-refractivity contribution >= 4 is 23.6 Å². The van der Waals surface area contributed by atoms with Gasteiger partial charge in [0, 0.05) is 6.54 Å². The number of hydrogen-bond acceptors (Lipinski definition) is 3. The highest BCUT2D eigenvalue weighted by Crippen LogP contribution is 2.27. The highest BCUT2D eigenvalue weighted by atomic mass is 32.2. The number of rotatable bonds is 5. The van der Waals surface area contributed by atoms with Crippen LogP contribution in [0.1, 0.15) is 40.0 Å². The Kier molecular flexibility index (Phi) is 5.35. The summed E-state index contributed by atoms with van der Waals surface area (Å²) >= 11 is 1.95.